The lowest BCUT2D eigenvalue weighted by molar-refractivity contribution is -0.112. The number of para-hydroxylation sites is 1. The Labute approximate surface area is 341 Å². The maximum Gasteiger partial charge on any atom is 0.260 e. The largest absolute Gasteiger partial charge is 0.495 e. The number of carbonyl (C=O) groups is 2. The fourth-order valence-electron chi connectivity index (χ4n) is 5.87. The normalized spacial score (nSPS) is 11.6. The van der Waals surface area contributed by atoms with Crippen LogP contribution in [0.15, 0.2) is 89.9 Å². The molecule has 5 rings (SSSR count). The summed E-state index contributed by atoms with van der Waals surface area (Å²) in [6.45, 7) is 3.37. The van der Waals surface area contributed by atoms with E-state index in [1.54, 1.807) is 41.1 Å². The van der Waals surface area contributed by atoms with Gasteiger partial charge in [-0.2, -0.15) is 4.98 Å². The fourth-order valence-corrected chi connectivity index (χ4v) is 6.58. The van der Waals surface area contributed by atoms with Gasteiger partial charge in [0.1, 0.15) is 17.1 Å². The Bertz CT molecular complexity index is 2350. The highest BCUT2D eigenvalue weighted by atomic mass is 35.5. The van der Waals surface area contributed by atoms with E-state index in [0.29, 0.717) is 47.6 Å². The Balaban J connectivity index is 1.54. The van der Waals surface area contributed by atoms with E-state index in [2.05, 4.69) is 20.9 Å². The first kappa shape index (κ1) is 42.4. The molecule has 0 saturated carbocycles. The van der Waals surface area contributed by atoms with Crippen LogP contribution in [0, 0.1) is 6.92 Å². The molecule has 0 saturated heterocycles. The van der Waals surface area contributed by atoms with Crippen LogP contribution in [-0.4, -0.2) is 91.6 Å². The third-order valence-corrected chi connectivity index (χ3v) is 9.51. The molecule has 2 heterocycles. The van der Waals surface area contributed by atoms with Gasteiger partial charge < -0.3 is 35.2 Å². The second-order valence-electron chi connectivity index (χ2n) is 13.6. The summed E-state index contributed by atoms with van der Waals surface area (Å²) in [6, 6.07) is 16.1. The van der Waals surface area contributed by atoms with E-state index in [-0.39, 0.29) is 57.0 Å². The van der Waals surface area contributed by atoms with Crippen molar-refractivity contribution < 1.29 is 19.1 Å². The second kappa shape index (κ2) is 19.4. The lowest BCUT2D eigenvalue weighted by Gasteiger charge is -2.18. The maximum atomic E-state index is 14.6. The average Bonchev–Trinajstić information content (AvgIpc) is 3.16. The zero-order chi connectivity index (χ0) is 41.2. The maximum absolute atomic E-state index is 14.6. The van der Waals surface area contributed by atoms with E-state index >= 15 is 0 Å². The number of aryl methyl sites for hydroxylation is 3. The van der Waals surface area contributed by atoms with Gasteiger partial charge in [-0.15, -0.1) is 0 Å². The van der Waals surface area contributed by atoms with Gasteiger partial charge in [0.25, 0.3) is 5.56 Å². The number of pyridine rings is 1. The van der Waals surface area contributed by atoms with Gasteiger partial charge in [0, 0.05) is 60.7 Å². The molecule has 15 heteroatoms. The summed E-state index contributed by atoms with van der Waals surface area (Å²) in [6.07, 6.45) is 8.59. The number of rotatable bonds is 16. The molecule has 0 unspecified atom stereocenters. The lowest BCUT2D eigenvalue weighted by Crippen LogP contribution is -2.24. The summed E-state index contributed by atoms with van der Waals surface area (Å²) in [7, 11) is 10.6. The molecule has 298 valence electrons. The molecule has 3 N–H and O–H groups in total. The van der Waals surface area contributed by atoms with Crippen molar-refractivity contribution in [3.05, 3.63) is 117 Å². The van der Waals surface area contributed by atoms with Gasteiger partial charge in [0.15, 0.2) is 0 Å². The molecule has 2 amide bonds. The summed E-state index contributed by atoms with van der Waals surface area (Å²) in [4.78, 5) is 53.1. The predicted molar refractivity (Wildman–Crippen MR) is 230 cm³/mol. The van der Waals surface area contributed by atoms with Crippen LogP contribution >= 0.6 is 23.2 Å². The van der Waals surface area contributed by atoms with Gasteiger partial charge in [-0.1, -0.05) is 59.6 Å². The van der Waals surface area contributed by atoms with Crippen LogP contribution in [-0.2, 0) is 22.6 Å². The molecule has 0 aliphatic rings. The van der Waals surface area contributed by atoms with Crippen LogP contribution in [0.5, 0.6) is 11.5 Å². The minimum Gasteiger partial charge on any atom is -0.495 e. The number of ether oxygens (including phenoxy) is 2. The number of likely N-dealkylation sites (N-methyl/N-ethyl adjacent to an activating group) is 2. The fraction of sp³-hybridized carbons (Fsp3) is 0.262. The number of anilines is 4. The van der Waals surface area contributed by atoms with Crippen molar-refractivity contribution >= 4 is 69.1 Å². The summed E-state index contributed by atoms with van der Waals surface area (Å²) in [5.74, 6) is 0.251. The molecular formula is C42H46Cl2N8O5. The van der Waals surface area contributed by atoms with Crippen molar-refractivity contribution in [1.29, 1.82) is 0 Å². The topological polar surface area (TPSA) is 143 Å². The average molecular weight is 814 g/mol. The molecule has 0 spiro atoms. The van der Waals surface area contributed by atoms with Gasteiger partial charge in [0.05, 0.1) is 41.2 Å². The molecule has 0 fully saturated rings. The Morgan fingerprint density at radius 3 is 2.07 bits per heavy atom. The molecule has 0 atom stereocenters. The highest BCUT2D eigenvalue weighted by Crippen LogP contribution is 2.45. The number of benzene rings is 3. The molecular weight excluding hydrogens is 767 g/mol. The first-order chi connectivity index (χ1) is 27.3. The zero-order valence-electron chi connectivity index (χ0n) is 32.9. The summed E-state index contributed by atoms with van der Waals surface area (Å²) >= 11 is 13.6. The molecule has 5 aromatic rings. The molecule has 0 aliphatic carbocycles. The van der Waals surface area contributed by atoms with Crippen LogP contribution in [0.25, 0.3) is 22.2 Å². The first-order valence-electron chi connectivity index (χ1n) is 18.0. The second-order valence-corrected chi connectivity index (χ2v) is 14.4. The molecule has 13 nitrogen and oxygen atoms in total. The Kier molecular flexibility index (Phi) is 14.5. The van der Waals surface area contributed by atoms with Crippen molar-refractivity contribution in [2.75, 3.05) is 71.5 Å². The molecule has 57 heavy (non-hydrogen) atoms. The number of fused-ring (bicyclic) bond motifs is 1. The number of amides is 2. The highest BCUT2D eigenvalue weighted by molar-refractivity contribution is 6.41. The molecule has 0 bridgehead atoms. The number of halogens is 2. The molecule has 2 aromatic heterocycles. The number of nitrogens with zero attached hydrogens (tertiary/aromatic N) is 5. The van der Waals surface area contributed by atoms with Crippen molar-refractivity contribution in [3.63, 3.8) is 0 Å². The smallest absolute Gasteiger partial charge is 0.260 e. The number of methoxy groups -OCH3 is 2. The third-order valence-electron chi connectivity index (χ3n) is 8.76. The minimum absolute atomic E-state index is 0.144. The third kappa shape index (κ3) is 10.8. The summed E-state index contributed by atoms with van der Waals surface area (Å²) < 4.78 is 12.5. The monoisotopic (exact) mass is 812 g/mol. The number of carbonyl (C=O) groups excluding carboxylic acids is 2. The van der Waals surface area contributed by atoms with Gasteiger partial charge in [-0.25, -0.2) is 4.98 Å². The first-order valence-corrected chi connectivity index (χ1v) is 18.8. The number of aromatic nitrogens is 3. The SMILES string of the molecule is COc1cc(OC)c(Cl)c(-c2cc3cnc(Nc4c(C)cccc4NC(=O)/C=C/CN(C)C)nc3n(CCc3ccc(NC(=O)/C=C/CN(C)C)cc3)c2=O)c1Cl. The van der Waals surface area contributed by atoms with Crippen LogP contribution in [0.3, 0.4) is 0 Å². The molecule has 0 aliphatic heterocycles. The quantitative estimate of drug-likeness (QED) is 0.0877. The number of nitrogens with one attached hydrogen (secondary N) is 3. The van der Waals surface area contributed by atoms with E-state index < -0.39 is 5.56 Å². The van der Waals surface area contributed by atoms with Crippen molar-refractivity contribution in [1.82, 2.24) is 24.3 Å². The molecule has 3 aromatic carbocycles. The number of hydrogen-bond acceptors (Lipinski definition) is 10. The van der Waals surface area contributed by atoms with Crippen LogP contribution in [0.4, 0.5) is 23.0 Å². The standard InChI is InChI=1S/C42H46Cl2N8O5/c1-26-11-8-12-31(47-35(54)14-10-21-51(4)5)39(26)48-42-45-25-28-23-30(36-37(43)32(56-6)24-33(57-7)38(36)44)41(55)52(40(28)49-42)22-19-27-15-17-29(18-16-27)46-34(53)13-9-20-50(2)3/h8-18,23-25H,19-22H2,1-7H3,(H,46,53)(H,47,54)(H,45,48,49)/b13-9+,14-10+. The van der Waals surface area contributed by atoms with Crippen LogP contribution in [0.1, 0.15) is 11.1 Å². The van der Waals surface area contributed by atoms with Crippen LogP contribution < -0.4 is 31.0 Å². The van der Waals surface area contributed by atoms with Gasteiger partial charge in [0.2, 0.25) is 17.8 Å². The Morgan fingerprint density at radius 1 is 0.860 bits per heavy atom. The van der Waals surface area contributed by atoms with Crippen molar-refractivity contribution in [3.8, 4) is 22.6 Å². The zero-order valence-corrected chi connectivity index (χ0v) is 34.5. The van der Waals surface area contributed by atoms with Gasteiger partial charge in [-0.3, -0.25) is 19.0 Å². The van der Waals surface area contributed by atoms with Crippen molar-refractivity contribution in [2.24, 2.45) is 0 Å². The van der Waals surface area contributed by atoms with Crippen LogP contribution in [0.2, 0.25) is 10.0 Å². The van der Waals surface area contributed by atoms with E-state index in [1.807, 2.05) is 81.3 Å². The Hall–Kier alpha value is -5.73. The van der Waals surface area contributed by atoms with Gasteiger partial charge in [-0.05, 0) is 76.9 Å². The van der Waals surface area contributed by atoms with Crippen molar-refractivity contribution in [2.45, 2.75) is 19.9 Å². The highest BCUT2D eigenvalue weighted by Gasteiger charge is 2.23. The van der Waals surface area contributed by atoms with E-state index in [4.69, 9.17) is 37.7 Å². The van der Waals surface area contributed by atoms with E-state index in [0.717, 1.165) is 11.1 Å². The minimum atomic E-state index is -0.409. The Morgan fingerprint density at radius 2 is 1.47 bits per heavy atom. The number of hydrogen-bond donors (Lipinski definition) is 3. The summed E-state index contributed by atoms with van der Waals surface area (Å²) in [5, 5.41) is 9.89. The predicted octanol–water partition coefficient (Wildman–Crippen LogP) is 7.19. The van der Waals surface area contributed by atoms with Gasteiger partial charge >= 0.3 is 0 Å². The molecule has 0 radical (unpaired) electrons. The van der Waals surface area contributed by atoms with E-state index in [1.165, 1.54) is 26.4 Å². The lowest BCUT2D eigenvalue weighted by atomic mass is 10.0. The van der Waals surface area contributed by atoms with E-state index in [9.17, 15) is 14.4 Å². The summed E-state index contributed by atoms with van der Waals surface area (Å²) in [5.41, 5.74) is 3.90.